The number of amides is 1. The van der Waals surface area contributed by atoms with Crippen LogP contribution in [-0.2, 0) is 29.4 Å². The number of nitrogens with one attached hydrogen (secondary N) is 1. The first-order valence-corrected chi connectivity index (χ1v) is 8.66. The first-order chi connectivity index (χ1) is 11.7. The Hall–Kier alpha value is -2.14. The molecule has 1 atom stereocenters. The van der Waals surface area contributed by atoms with Gasteiger partial charge in [-0.3, -0.25) is 9.48 Å². The number of fused-ring (bicyclic) bond motifs is 1. The molecule has 0 aliphatic heterocycles. The number of benzene rings is 1. The number of aryl methyl sites for hydroxylation is 2. The number of aromatic nitrogens is 2. The number of nitrogens with zero attached hydrogens (tertiary/aromatic N) is 2. The second kappa shape index (κ2) is 8.11. The maximum atomic E-state index is 11.9. The zero-order valence-electron chi connectivity index (χ0n) is 14.2. The summed E-state index contributed by atoms with van der Waals surface area (Å²) in [6, 6.07) is 8.55. The molecule has 1 aromatic heterocycles. The zero-order chi connectivity index (χ0) is 16.8. The van der Waals surface area contributed by atoms with E-state index < -0.39 is 0 Å². The minimum absolute atomic E-state index is 0.0333. The highest BCUT2D eigenvalue weighted by molar-refractivity contribution is 5.78. The van der Waals surface area contributed by atoms with E-state index in [1.807, 2.05) is 13.2 Å². The fourth-order valence-electron chi connectivity index (χ4n) is 3.22. The number of carbonyl (C=O) groups excluding carboxylic acids is 1. The molecule has 5 heteroatoms. The molecule has 1 aliphatic rings. The molecule has 0 saturated heterocycles. The minimum atomic E-state index is 0.0333. The molecule has 1 aliphatic carbocycles. The summed E-state index contributed by atoms with van der Waals surface area (Å²) < 4.78 is 7.76. The van der Waals surface area contributed by atoms with Crippen LogP contribution in [-0.4, -0.2) is 28.8 Å². The second-order valence-electron chi connectivity index (χ2n) is 6.35. The Balaban J connectivity index is 1.35. The van der Waals surface area contributed by atoms with Gasteiger partial charge in [-0.15, -0.1) is 0 Å². The van der Waals surface area contributed by atoms with Crippen LogP contribution in [0, 0.1) is 0 Å². The molecule has 0 fully saturated rings. The monoisotopic (exact) mass is 327 g/mol. The van der Waals surface area contributed by atoms with E-state index in [0.29, 0.717) is 19.6 Å². The molecule has 5 nitrogen and oxygen atoms in total. The van der Waals surface area contributed by atoms with Crippen LogP contribution in [0.1, 0.15) is 42.1 Å². The first kappa shape index (κ1) is 16.7. The molecule has 0 unspecified atom stereocenters. The average molecular weight is 327 g/mol. The number of rotatable bonds is 7. The summed E-state index contributed by atoms with van der Waals surface area (Å²) in [6.07, 6.45) is 8.43. The van der Waals surface area contributed by atoms with Gasteiger partial charge in [0.15, 0.2) is 0 Å². The van der Waals surface area contributed by atoms with Crippen molar-refractivity contribution in [2.75, 3.05) is 13.2 Å². The van der Waals surface area contributed by atoms with Gasteiger partial charge in [-0.05, 0) is 42.4 Å². The predicted octanol–water partition coefficient (Wildman–Crippen LogP) is 2.56. The maximum absolute atomic E-state index is 11.9. The fraction of sp³-hybridized carbons (Fsp3) is 0.474. The molecular weight excluding hydrogens is 302 g/mol. The van der Waals surface area contributed by atoms with E-state index in [0.717, 1.165) is 24.8 Å². The molecule has 0 bridgehead atoms. The van der Waals surface area contributed by atoms with Gasteiger partial charge in [0.25, 0.3) is 0 Å². The van der Waals surface area contributed by atoms with Crippen LogP contribution in [0.4, 0.5) is 0 Å². The lowest BCUT2D eigenvalue weighted by Crippen LogP contribution is -2.27. The fourth-order valence-corrected chi connectivity index (χ4v) is 3.22. The predicted molar refractivity (Wildman–Crippen MR) is 92.6 cm³/mol. The van der Waals surface area contributed by atoms with Crippen molar-refractivity contribution in [2.24, 2.45) is 7.05 Å². The Kier molecular flexibility index (Phi) is 5.64. The molecule has 2 aromatic rings. The molecule has 0 radical (unpaired) electrons. The maximum Gasteiger partial charge on any atom is 0.224 e. The van der Waals surface area contributed by atoms with Crippen LogP contribution in [0.5, 0.6) is 0 Å². The highest BCUT2D eigenvalue weighted by Crippen LogP contribution is 2.32. The van der Waals surface area contributed by atoms with Crippen molar-refractivity contribution in [1.29, 1.82) is 0 Å². The van der Waals surface area contributed by atoms with E-state index in [9.17, 15) is 4.79 Å². The SMILES string of the molecule is Cn1cc(CC(=O)NCCCO[C@H]2CCCc3ccccc32)cn1. The lowest BCUT2D eigenvalue weighted by molar-refractivity contribution is -0.120. The van der Waals surface area contributed by atoms with Crippen molar-refractivity contribution in [2.45, 2.75) is 38.2 Å². The van der Waals surface area contributed by atoms with Crippen molar-refractivity contribution >= 4 is 5.91 Å². The Labute approximate surface area is 143 Å². The van der Waals surface area contributed by atoms with Crippen LogP contribution >= 0.6 is 0 Å². The summed E-state index contributed by atoms with van der Waals surface area (Å²) >= 11 is 0. The topological polar surface area (TPSA) is 56.2 Å². The van der Waals surface area contributed by atoms with E-state index >= 15 is 0 Å². The van der Waals surface area contributed by atoms with Crippen molar-refractivity contribution in [1.82, 2.24) is 15.1 Å². The number of hydrogen-bond donors (Lipinski definition) is 1. The molecule has 0 saturated carbocycles. The molecule has 128 valence electrons. The van der Waals surface area contributed by atoms with Crippen molar-refractivity contribution in [3.05, 3.63) is 53.3 Å². The number of carbonyl (C=O) groups is 1. The largest absolute Gasteiger partial charge is 0.373 e. The smallest absolute Gasteiger partial charge is 0.224 e. The van der Waals surface area contributed by atoms with Crippen molar-refractivity contribution in [3.63, 3.8) is 0 Å². The highest BCUT2D eigenvalue weighted by atomic mass is 16.5. The van der Waals surface area contributed by atoms with Gasteiger partial charge in [0.1, 0.15) is 0 Å². The Morgan fingerprint density at radius 2 is 2.29 bits per heavy atom. The highest BCUT2D eigenvalue weighted by Gasteiger charge is 2.19. The van der Waals surface area contributed by atoms with E-state index in [2.05, 4.69) is 34.7 Å². The third-order valence-corrected chi connectivity index (χ3v) is 4.40. The van der Waals surface area contributed by atoms with Gasteiger partial charge in [-0.2, -0.15) is 5.10 Å². The molecule has 1 amide bonds. The summed E-state index contributed by atoms with van der Waals surface area (Å²) in [6.45, 7) is 1.32. The first-order valence-electron chi connectivity index (χ1n) is 8.66. The van der Waals surface area contributed by atoms with E-state index in [1.54, 1.807) is 10.9 Å². The van der Waals surface area contributed by atoms with Crippen molar-refractivity contribution < 1.29 is 9.53 Å². The van der Waals surface area contributed by atoms with Gasteiger partial charge in [0.2, 0.25) is 5.91 Å². The van der Waals surface area contributed by atoms with E-state index in [-0.39, 0.29) is 12.0 Å². The zero-order valence-corrected chi connectivity index (χ0v) is 14.2. The quantitative estimate of drug-likeness (QED) is 0.795. The lowest BCUT2D eigenvalue weighted by atomic mass is 9.89. The average Bonchev–Trinajstić information content (AvgIpc) is 2.99. The van der Waals surface area contributed by atoms with E-state index in [4.69, 9.17) is 4.74 Å². The molecule has 1 aromatic carbocycles. The summed E-state index contributed by atoms with van der Waals surface area (Å²) in [5, 5.41) is 7.01. The van der Waals surface area contributed by atoms with E-state index in [1.165, 1.54) is 17.5 Å². The summed E-state index contributed by atoms with van der Waals surface area (Å²) in [5.41, 5.74) is 3.69. The summed E-state index contributed by atoms with van der Waals surface area (Å²) in [4.78, 5) is 11.9. The molecule has 1 heterocycles. The standard InChI is InChI=1S/C19H25N3O2/c1-22-14-15(13-21-22)12-19(23)20-10-5-11-24-18-9-4-7-16-6-2-3-8-17(16)18/h2-3,6,8,13-14,18H,4-5,7,9-12H2,1H3,(H,20,23)/t18-/m0/s1. The number of ether oxygens (including phenoxy) is 1. The van der Waals surface area contributed by atoms with Crippen LogP contribution < -0.4 is 5.32 Å². The minimum Gasteiger partial charge on any atom is -0.373 e. The molecule has 1 N–H and O–H groups in total. The molecule has 24 heavy (non-hydrogen) atoms. The second-order valence-corrected chi connectivity index (χ2v) is 6.35. The molecule has 3 rings (SSSR count). The van der Waals surface area contributed by atoms with Crippen LogP contribution in [0.2, 0.25) is 0 Å². The lowest BCUT2D eigenvalue weighted by Gasteiger charge is -2.25. The third-order valence-electron chi connectivity index (χ3n) is 4.40. The Bertz CT molecular complexity index is 681. The normalized spacial score (nSPS) is 16.6. The van der Waals surface area contributed by atoms with Crippen LogP contribution in [0.3, 0.4) is 0 Å². The van der Waals surface area contributed by atoms with Gasteiger partial charge >= 0.3 is 0 Å². The van der Waals surface area contributed by atoms with Crippen molar-refractivity contribution in [3.8, 4) is 0 Å². The molecular formula is C19H25N3O2. The summed E-state index contributed by atoms with van der Waals surface area (Å²) in [5.74, 6) is 0.0333. The van der Waals surface area contributed by atoms with Gasteiger partial charge in [0.05, 0.1) is 18.7 Å². The Morgan fingerprint density at radius 1 is 1.42 bits per heavy atom. The Morgan fingerprint density at radius 3 is 3.12 bits per heavy atom. The number of hydrogen-bond acceptors (Lipinski definition) is 3. The van der Waals surface area contributed by atoms with Crippen LogP contribution in [0.15, 0.2) is 36.7 Å². The van der Waals surface area contributed by atoms with Gasteiger partial charge in [-0.25, -0.2) is 0 Å². The van der Waals surface area contributed by atoms with Gasteiger partial charge < -0.3 is 10.1 Å². The van der Waals surface area contributed by atoms with Crippen LogP contribution in [0.25, 0.3) is 0 Å². The van der Waals surface area contributed by atoms with Gasteiger partial charge in [-0.1, -0.05) is 24.3 Å². The summed E-state index contributed by atoms with van der Waals surface area (Å²) in [7, 11) is 1.85. The third kappa shape index (κ3) is 4.45. The van der Waals surface area contributed by atoms with Gasteiger partial charge in [0, 0.05) is 26.4 Å². The molecule has 0 spiro atoms.